The summed E-state index contributed by atoms with van der Waals surface area (Å²) in [5, 5.41) is 3.18. The van der Waals surface area contributed by atoms with Crippen molar-refractivity contribution in [2.75, 3.05) is 18.9 Å². The van der Waals surface area contributed by atoms with E-state index in [0.29, 0.717) is 10.7 Å². The molecule has 0 fully saturated rings. The van der Waals surface area contributed by atoms with Crippen LogP contribution >= 0.6 is 24.0 Å². The lowest BCUT2D eigenvalue weighted by atomic mass is 10.3. The number of rotatable bonds is 4. The van der Waals surface area contributed by atoms with Gasteiger partial charge in [0.15, 0.2) is 0 Å². The average molecular weight is 306 g/mol. The maximum absolute atomic E-state index is 11.7. The van der Waals surface area contributed by atoms with Gasteiger partial charge in [0.25, 0.3) is 0 Å². The SMILES string of the molecule is C[C@H](N)C(=O)N(C)CC(=O)Nc1cccc(Cl)c1.Cl. The van der Waals surface area contributed by atoms with E-state index in [2.05, 4.69) is 5.32 Å². The number of nitrogens with one attached hydrogen (secondary N) is 1. The molecule has 0 aliphatic rings. The Morgan fingerprint density at radius 1 is 1.47 bits per heavy atom. The lowest BCUT2D eigenvalue weighted by Crippen LogP contribution is -2.43. The number of amides is 2. The summed E-state index contributed by atoms with van der Waals surface area (Å²) in [7, 11) is 1.53. The van der Waals surface area contributed by atoms with E-state index in [1.165, 1.54) is 11.9 Å². The van der Waals surface area contributed by atoms with Gasteiger partial charge in [-0.3, -0.25) is 9.59 Å². The molecule has 0 spiro atoms. The largest absolute Gasteiger partial charge is 0.335 e. The zero-order valence-electron chi connectivity index (χ0n) is 10.7. The second-order valence-corrected chi connectivity index (χ2v) is 4.48. The highest BCUT2D eigenvalue weighted by Gasteiger charge is 2.16. The molecule has 106 valence electrons. The maximum atomic E-state index is 11.7. The van der Waals surface area contributed by atoms with Crippen molar-refractivity contribution in [3.8, 4) is 0 Å². The Bertz CT molecular complexity index is 452. The van der Waals surface area contributed by atoms with Gasteiger partial charge in [-0.15, -0.1) is 12.4 Å². The summed E-state index contributed by atoms with van der Waals surface area (Å²) >= 11 is 5.79. The molecule has 0 unspecified atom stereocenters. The van der Waals surface area contributed by atoms with Crippen molar-refractivity contribution in [3.05, 3.63) is 29.3 Å². The summed E-state index contributed by atoms with van der Waals surface area (Å²) in [6, 6.07) is 6.18. The van der Waals surface area contributed by atoms with Gasteiger partial charge in [-0.25, -0.2) is 0 Å². The van der Waals surface area contributed by atoms with Crippen LogP contribution in [-0.2, 0) is 9.59 Å². The molecule has 0 radical (unpaired) electrons. The van der Waals surface area contributed by atoms with Gasteiger partial charge in [0.2, 0.25) is 11.8 Å². The fourth-order valence-corrected chi connectivity index (χ4v) is 1.60. The smallest absolute Gasteiger partial charge is 0.243 e. The quantitative estimate of drug-likeness (QED) is 0.885. The average Bonchev–Trinajstić information content (AvgIpc) is 2.27. The summed E-state index contributed by atoms with van der Waals surface area (Å²) in [5.41, 5.74) is 6.04. The number of hydrogen-bond donors (Lipinski definition) is 2. The van der Waals surface area contributed by atoms with Gasteiger partial charge in [-0.05, 0) is 25.1 Å². The lowest BCUT2D eigenvalue weighted by Gasteiger charge is -2.18. The highest BCUT2D eigenvalue weighted by Crippen LogP contribution is 2.14. The van der Waals surface area contributed by atoms with E-state index in [9.17, 15) is 9.59 Å². The molecule has 7 heteroatoms. The third-order valence-electron chi connectivity index (χ3n) is 2.25. The van der Waals surface area contributed by atoms with E-state index in [1.807, 2.05) is 0 Å². The van der Waals surface area contributed by atoms with E-state index in [4.69, 9.17) is 17.3 Å². The van der Waals surface area contributed by atoms with Crippen LogP contribution in [0.25, 0.3) is 0 Å². The predicted molar refractivity (Wildman–Crippen MR) is 78.6 cm³/mol. The fraction of sp³-hybridized carbons (Fsp3) is 0.333. The Morgan fingerprint density at radius 3 is 2.63 bits per heavy atom. The van der Waals surface area contributed by atoms with Crippen molar-refractivity contribution in [3.63, 3.8) is 0 Å². The van der Waals surface area contributed by atoms with Crippen LogP contribution in [0.3, 0.4) is 0 Å². The topological polar surface area (TPSA) is 75.4 Å². The Labute approximate surface area is 123 Å². The molecule has 0 heterocycles. The molecule has 1 aromatic rings. The summed E-state index contributed by atoms with van der Waals surface area (Å²) in [4.78, 5) is 24.4. The predicted octanol–water partition coefficient (Wildman–Crippen LogP) is 1.51. The normalized spacial score (nSPS) is 11.2. The van der Waals surface area contributed by atoms with E-state index in [0.717, 1.165) is 0 Å². The van der Waals surface area contributed by atoms with Gasteiger partial charge in [0, 0.05) is 17.8 Å². The second kappa shape index (κ2) is 7.99. The monoisotopic (exact) mass is 305 g/mol. The van der Waals surface area contributed by atoms with Crippen LogP contribution < -0.4 is 11.1 Å². The molecule has 19 heavy (non-hydrogen) atoms. The van der Waals surface area contributed by atoms with Crippen molar-refractivity contribution in [2.45, 2.75) is 13.0 Å². The number of likely N-dealkylation sites (N-methyl/N-ethyl adjacent to an activating group) is 1. The van der Waals surface area contributed by atoms with E-state index in [-0.39, 0.29) is 30.8 Å². The van der Waals surface area contributed by atoms with Crippen molar-refractivity contribution < 1.29 is 9.59 Å². The van der Waals surface area contributed by atoms with Crippen LogP contribution in [0.2, 0.25) is 5.02 Å². The Hall–Kier alpha value is -1.30. The molecule has 0 saturated carbocycles. The molecule has 2 amide bonds. The van der Waals surface area contributed by atoms with Gasteiger partial charge < -0.3 is 16.0 Å². The first-order valence-electron chi connectivity index (χ1n) is 5.46. The highest BCUT2D eigenvalue weighted by atomic mass is 35.5. The first-order chi connectivity index (χ1) is 8.40. The third kappa shape index (κ3) is 5.92. The van der Waals surface area contributed by atoms with Gasteiger partial charge in [0.1, 0.15) is 0 Å². The second-order valence-electron chi connectivity index (χ2n) is 4.04. The van der Waals surface area contributed by atoms with Gasteiger partial charge in [0.05, 0.1) is 12.6 Å². The Kier molecular flexibility index (Phi) is 7.44. The molecule has 0 aliphatic carbocycles. The first kappa shape index (κ1) is 17.7. The van der Waals surface area contributed by atoms with E-state index < -0.39 is 6.04 Å². The summed E-state index contributed by atoms with van der Waals surface area (Å²) in [6.07, 6.45) is 0. The number of nitrogens with zero attached hydrogens (tertiary/aromatic N) is 1. The molecule has 1 rings (SSSR count). The zero-order valence-corrected chi connectivity index (χ0v) is 12.3. The zero-order chi connectivity index (χ0) is 13.7. The number of benzene rings is 1. The number of carbonyl (C=O) groups is 2. The van der Waals surface area contributed by atoms with Crippen LogP contribution in [0, 0.1) is 0 Å². The molecule has 1 atom stereocenters. The van der Waals surface area contributed by atoms with Crippen LogP contribution in [0.1, 0.15) is 6.92 Å². The van der Waals surface area contributed by atoms with Gasteiger partial charge in [-0.2, -0.15) is 0 Å². The van der Waals surface area contributed by atoms with Crippen LogP contribution in [0.4, 0.5) is 5.69 Å². The summed E-state index contributed by atoms with van der Waals surface area (Å²) in [6.45, 7) is 1.53. The van der Waals surface area contributed by atoms with Crippen LogP contribution in [0.5, 0.6) is 0 Å². The molecular weight excluding hydrogens is 289 g/mol. The molecule has 0 aromatic heterocycles. The summed E-state index contributed by atoms with van der Waals surface area (Å²) in [5.74, 6) is -0.579. The molecular formula is C12H17Cl2N3O2. The van der Waals surface area contributed by atoms with E-state index in [1.54, 1.807) is 31.2 Å². The lowest BCUT2D eigenvalue weighted by molar-refractivity contribution is -0.134. The molecule has 0 aliphatic heterocycles. The first-order valence-corrected chi connectivity index (χ1v) is 5.84. The third-order valence-corrected chi connectivity index (χ3v) is 2.49. The molecule has 1 aromatic carbocycles. The Morgan fingerprint density at radius 2 is 2.11 bits per heavy atom. The van der Waals surface area contributed by atoms with Crippen LogP contribution in [0.15, 0.2) is 24.3 Å². The number of halogens is 2. The van der Waals surface area contributed by atoms with Crippen molar-refractivity contribution in [1.82, 2.24) is 4.90 Å². The minimum Gasteiger partial charge on any atom is -0.335 e. The number of nitrogens with two attached hydrogens (primary N) is 1. The standard InChI is InChI=1S/C12H16ClN3O2.ClH/c1-8(14)12(18)16(2)7-11(17)15-10-5-3-4-9(13)6-10;/h3-6,8H,7,14H2,1-2H3,(H,15,17);1H/t8-;/m0./s1. The minimum absolute atomic E-state index is 0. The molecule has 0 bridgehead atoms. The van der Waals surface area contributed by atoms with Crippen molar-refractivity contribution >= 4 is 41.5 Å². The maximum Gasteiger partial charge on any atom is 0.243 e. The molecule has 0 saturated heterocycles. The molecule has 5 nitrogen and oxygen atoms in total. The van der Waals surface area contributed by atoms with Gasteiger partial charge >= 0.3 is 0 Å². The van der Waals surface area contributed by atoms with E-state index >= 15 is 0 Å². The van der Waals surface area contributed by atoms with Crippen molar-refractivity contribution in [1.29, 1.82) is 0 Å². The number of hydrogen-bond acceptors (Lipinski definition) is 3. The minimum atomic E-state index is -0.617. The molecule has 3 N–H and O–H groups in total. The highest BCUT2D eigenvalue weighted by molar-refractivity contribution is 6.30. The Balaban J connectivity index is 0.00000324. The number of anilines is 1. The number of carbonyl (C=O) groups excluding carboxylic acids is 2. The summed E-state index contributed by atoms with van der Waals surface area (Å²) < 4.78 is 0. The van der Waals surface area contributed by atoms with Crippen molar-refractivity contribution in [2.24, 2.45) is 5.73 Å². The van der Waals surface area contributed by atoms with Gasteiger partial charge in [-0.1, -0.05) is 17.7 Å². The van der Waals surface area contributed by atoms with Crippen LogP contribution in [-0.4, -0.2) is 36.3 Å². The fourth-order valence-electron chi connectivity index (χ4n) is 1.41.